The van der Waals surface area contributed by atoms with Crippen molar-refractivity contribution in [2.75, 3.05) is 31.1 Å². The van der Waals surface area contributed by atoms with E-state index < -0.39 is 6.55 Å². The zero-order chi connectivity index (χ0) is 18.1. The van der Waals surface area contributed by atoms with Crippen LogP contribution in [0.1, 0.15) is 12.4 Å². The van der Waals surface area contributed by atoms with Crippen molar-refractivity contribution in [3.63, 3.8) is 0 Å². The third kappa shape index (κ3) is 3.41. The van der Waals surface area contributed by atoms with Crippen LogP contribution in [0.5, 0.6) is 0 Å². The Labute approximate surface area is 157 Å². The molecule has 0 amide bonds. The molecule has 0 radical (unpaired) electrons. The molecule has 26 heavy (non-hydrogen) atoms. The summed E-state index contributed by atoms with van der Waals surface area (Å²) in [4.78, 5) is 17.4. The zero-order valence-corrected chi connectivity index (χ0v) is 15.5. The number of halogens is 3. The topological polar surface area (TPSA) is 50.1 Å². The molecule has 1 aliphatic heterocycles. The molecular formula is C17H17BrF2N6. The molecule has 0 atom stereocenters. The van der Waals surface area contributed by atoms with E-state index in [1.165, 1.54) is 12.4 Å². The summed E-state index contributed by atoms with van der Waals surface area (Å²) >= 11 is 3.42. The smallest absolute Gasteiger partial charge is 0.319 e. The minimum absolute atomic E-state index is 0.398. The summed E-state index contributed by atoms with van der Waals surface area (Å²) in [5.41, 5.74) is 2.77. The van der Waals surface area contributed by atoms with Gasteiger partial charge in [-0.2, -0.15) is 8.78 Å². The van der Waals surface area contributed by atoms with E-state index in [2.05, 4.69) is 40.7 Å². The molecule has 0 aliphatic carbocycles. The van der Waals surface area contributed by atoms with Crippen LogP contribution in [-0.4, -0.2) is 50.6 Å². The number of rotatable bonds is 4. The Morgan fingerprint density at radius 2 is 1.88 bits per heavy atom. The van der Waals surface area contributed by atoms with Crippen LogP contribution in [0.4, 0.5) is 14.5 Å². The van der Waals surface area contributed by atoms with E-state index in [1.54, 1.807) is 12.4 Å². The number of fused-ring (bicyclic) bond motifs is 1. The first kappa shape index (κ1) is 17.3. The number of nitrogens with zero attached hydrogens (tertiary/aromatic N) is 6. The Hall–Kier alpha value is -2.13. The van der Waals surface area contributed by atoms with E-state index in [9.17, 15) is 8.78 Å². The van der Waals surface area contributed by atoms with Crippen molar-refractivity contribution in [1.82, 2.24) is 24.4 Å². The summed E-state index contributed by atoms with van der Waals surface area (Å²) in [6.45, 7) is 1.01. The summed E-state index contributed by atoms with van der Waals surface area (Å²) < 4.78 is 27.7. The maximum Gasteiger partial charge on any atom is 0.319 e. The summed E-state index contributed by atoms with van der Waals surface area (Å²) in [6, 6.07) is 3.93. The van der Waals surface area contributed by atoms with Crippen molar-refractivity contribution >= 4 is 32.7 Å². The first-order valence-corrected chi connectivity index (χ1v) is 9.08. The number of hydrogen-bond donors (Lipinski definition) is 0. The lowest BCUT2D eigenvalue weighted by Crippen LogP contribution is -2.46. The van der Waals surface area contributed by atoms with Crippen LogP contribution >= 0.6 is 15.9 Å². The van der Waals surface area contributed by atoms with Crippen LogP contribution in [0, 0.1) is 0 Å². The molecule has 9 heteroatoms. The fourth-order valence-corrected chi connectivity index (χ4v) is 3.56. The van der Waals surface area contributed by atoms with Crippen LogP contribution < -0.4 is 4.90 Å². The maximum absolute atomic E-state index is 13.0. The Morgan fingerprint density at radius 1 is 1.08 bits per heavy atom. The maximum atomic E-state index is 13.0. The van der Waals surface area contributed by atoms with Gasteiger partial charge in [0.2, 0.25) is 0 Å². The average molecular weight is 423 g/mol. The number of pyridine rings is 2. The third-order valence-corrected chi connectivity index (χ3v) is 4.99. The fourth-order valence-electron chi connectivity index (χ4n) is 3.24. The van der Waals surface area contributed by atoms with Crippen molar-refractivity contribution in [2.24, 2.45) is 0 Å². The zero-order valence-electron chi connectivity index (χ0n) is 13.9. The number of aromatic nitrogens is 4. The molecular weight excluding hydrogens is 406 g/mol. The molecule has 0 unspecified atom stereocenters. The van der Waals surface area contributed by atoms with Gasteiger partial charge in [0.1, 0.15) is 11.3 Å². The highest BCUT2D eigenvalue weighted by Crippen LogP contribution is 2.26. The molecule has 0 spiro atoms. The number of imidazole rings is 1. The van der Waals surface area contributed by atoms with Gasteiger partial charge in [-0.3, -0.25) is 19.4 Å². The minimum atomic E-state index is -2.55. The number of hydrogen-bond acceptors (Lipinski definition) is 5. The third-order valence-electron chi connectivity index (χ3n) is 4.56. The number of alkyl halides is 2. The van der Waals surface area contributed by atoms with Crippen LogP contribution in [0.15, 0.2) is 41.4 Å². The van der Waals surface area contributed by atoms with E-state index in [0.29, 0.717) is 12.4 Å². The van der Waals surface area contributed by atoms with E-state index in [1.807, 2.05) is 12.1 Å². The molecule has 0 N–H and O–H groups in total. The predicted octanol–water partition coefficient (Wildman–Crippen LogP) is 3.31. The quantitative estimate of drug-likeness (QED) is 0.645. The lowest BCUT2D eigenvalue weighted by Gasteiger charge is -2.36. The Kier molecular flexibility index (Phi) is 4.82. The molecule has 1 aliphatic rings. The highest BCUT2D eigenvalue weighted by molar-refractivity contribution is 9.10. The second-order valence-electron chi connectivity index (χ2n) is 6.14. The molecule has 1 fully saturated rings. The standard InChI is InChI=1S/C17H17BrF2N6/c18-12-9-13-16(23-10-12)14(1-2-21-13)25-7-5-24(6-8-25)11-15-22-3-4-26(15)17(19)20/h1-4,9-10,17H,5-8,11H2. The van der Waals surface area contributed by atoms with E-state index >= 15 is 0 Å². The van der Waals surface area contributed by atoms with Gasteiger partial charge >= 0.3 is 6.55 Å². The Balaban J connectivity index is 1.46. The van der Waals surface area contributed by atoms with Crippen molar-refractivity contribution in [2.45, 2.75) is 13.1 Å². The largest absolute Gasteiger partial charge is 0.367 e. The number of anilines is 1. The van der Waals surface area contributed by atoms with Crippen LogP contribution in [0.3, 0.4) is 0 Å². The predicted molar refractivity (Wildman–Crippen MR) is 98.2 cm³/mol. The van der Waals surface area contributed by atoms with Gasteiger partial charge in [0.15, 0.2) is 0 Å². The van der Waals surface area contributed by atoms with Gasteiger partial charge in [-0.1, -0.05) is 0 Å². The van der Waals surface area contributed by atoms with Gasteiger partial charge in [0, 0.05) is 55.4 Å². The second kappa shape index (κ2) is 7.24. The number of piperazine rings is 1. The van der Waals surface area contributed by atoms with Crippen molar-refractivity contribution < 1.29 is 8.78 Å². The molecule has 3 aromatic rings. The molecule has 0 saturated carbocycles. The molecule has 4 heterocycles. The summed E-state index contributed by atoms with van der Waals surface area (Å²) in [5.74, 6) is 0.398. The minimum Gasteiger partial charge on any atom is -0.367 e. The normalized spacial score (nSPS) is 15.9. The van der Waals surface area contributed by atoms with Gasteiger partial charge in [-0.15, -0.1) is 0 Å². The van der Waals surface area contributed by atoms with Gasteiger partial charge in [0.25, 0.3) is 0 Å². The molecule has 136 valence electrons. The monoisotopic (exact) mass is 422 g/mol. The first-order chi connectivity index (χ1) is 12.6. The first-order valence-electron chi connectivity index (χ1n) is 8.29. The molecule has 0 bridgehead atoms. The molecule has 6 nitrogen and oxygen atoms in total. The van der Waals surface area contributed by atoms with Gasteiger partial charge in [0.05, 0.1) is 17.7 Å². The van der Waals surface area contributed by atoms with Crippen molar-refractivity contribution in [1.29, 1.82) is 0 Å². The van der Waals surface area contributed by atoms with E-state index in [4.69, 9.17) is 0 Å². The lowest BCUT2D eigenvalue weighted by atomic mass is 10.2. The molecule has 1 saturated heterocycles. The Morgan fingerprint density at radius 3 is 2.65 bits per heavy atom. The van der Waals surface area contributed by atoms with Crippen molar-refractivity contribution in [3.8, 4) is 0 Å². The van der Waals surface area contributed by atoms with E-state index in [-0.39, 0.29) is 0 Å². The summed E-state index contributed by atoms with van der Waals surface area (Å²) in [7, 11) is 0. The fraction of sp³-hybridized carbons (Fsp3) is 0.353. The van der Waals surface area contributed by atoms with Gasteiger partial charge in [-0.05, 0) is 28.1 Å². The average Bonchev–Trinajstić information content (AvgIpc) is 3.10. The summed E-state index contributed by atoms with van der Waals surface area (Å²) in [5, 5.41) is 0. The van der Waals surface area contributed by atoms with E-state index in [0.717, 1.165) is 51.9 Å². The SMILES string of the molecule is FC(F)n1ccnc1CN1CCN(c2ccnc3cc(Br)cnc23)CC1. The van der Waals surface area contributed by atoms with Crippen LogP contribution in [0.2, 0.25) is 0 Å². The highest BCUT2D eigenvalue weighted by atomic mass is 79.9. The molecule has 4 rings (SSSR count). The van der Waals surface area contributed by atoms with Crippen molar-refractivity contribution in [3.05, 3.63) is 47.2 Å². The summed E-state index contributed by atoms with van der Waals surface area (Å²) in [6.07, 6.45) is 6.30. The molecule has 0 aromatic carbocycles. The van der Waals surface area contributed by atoms with Gasteiger partial charge < -0.3 is 4.90 Å². The Bertz CT molecular complexity index is 907. The highest BCUT2D eigenvalue weighted by Gasteiger charge is 2.21. The second-order valence-corrected chi connectivity index (χ2v) is 7.06. The lowest BCUT2D eigenvalue weighted by molar-refractivity contribution is 0.0637. The molecule has 3 aromatic heterocycles. The van der Waals surface area contributed by atoms with Crippen LogP contribution in [0.25, 0.3) is 11.0 Å². The van der Waals surface area contributed by atoms with Crippen LogP contribution in [-0.2, 0) is 6.54 Å². The van der Waals surface area contributed by atoms with Gasteiger partial charge in [-0.25, -0.2) is 4.98 Å².